The first kappa shape index (κ1) is 14.8. The van der Waals surface area contributed by atoms with Gasteiger partial charge in [0, 0.05) is 0 Å². The van der Waals surface area contributed by atoms with E-state index in [-0.39, 0.29) is 5.56 Å². The summed E-state index contributed by atoms with van der Waals surface area (Å²) in [5, 5.41) is 10.3. The van der Waals surface area contributed by atoms with Gasteiger partial charge in [0.25, 0.3) is 0 Å². The summed E-state index contributed by atoms with van der Waals surface area (Å²) in [6.07, 6.45) is -5.14. The van der Waals surface area contributed by atoms with Crippen LogP contribution in [0.1, 0.15) is 11.6 Å². The van der Waals surface area contributed by atoms with E-state index in [2.05, 4.69) is 0 Å². The highest BCUT2D eigenvalue weighted by atomic mass is 19.4. The molecular weight excluding hydrogens is 267 g/mol. The van der Waals surface area contributed by atoms with Crippen molar-refractivity contribution in [2.75, 3.05) is 7.11 Å². The van der Waals surface area contributed by atoms with Gasteiger partial charge in [0.15, 0.2) is 6.04 Å². The number of hydrogen-bond donors (Lipinski definition) is 2. The fourth-order valence-electron chi connectivity index (χ4n) is 1.30. The Labute approximate surface area is 106 Å². The van der Waals surface area contributed by atoms with Gasteiger partial charge >= 0.3 is 18.1 Å². The molecule has 0 heterocycles. The maximum Gasteiger partial charge on any atom is 0.471 e. The van der Waals surface area contributed by atoms with Gasteiger partial charge in [-0.3, -0.25) is 4.79 Å². The molecule has 2 N–H and O–H groups in total. The Hall–Kier alpha value is -2.25. The average Bonchev–Trinajstić information content (AvgIpc) is 2.34. The first-order chi connectivity index (χ1) is 8.75. The van der Waals surface area contributed by atoms with Crippen LogP contribution in [0.5, 0.6) is 5.75 Å². The number of nitrogens with one attached hydrogen (secondary N) is 1. The molecule has 0 saturated heterocycles. The molecule has 1 aromatic rings. The average molecular weight is 277 g/mol. The molecule has 19 heavy (non-hydrogen) atoms. The smallest absolute Gasteiger partial charge is 0.471 e. The lowest BCUT2D eigenvalue weighted by atomic mass is 10.1. The van der Waals surface area contributed by atoms with Crippen molar-refractivity contribution in [3.05, 3.63) is 29.8 Å². The van der Waals surface area contributed by atoms with Gasteiger partial charge in [-0.1, -0.05) is 12.1 Å². The molecule has 5 nitrogen and oxygen atoms in total. The molecule has 1 atom stereocenters. The number of carbonyl (C=O) groups is 2. The van der Waals surface area contributed by atoms with E-state index in [1.807, 2.05) is 0 Å². The SMILES string of the molecule is COc1ccc([C@H](NC(=O)C(F)(F)F)C(=O)O)cc1. The molecule has 8 heteroatoms. The van der Waals surface area contributed by atoms with E-state index in [1.54, 1.807) is 0 Å². The van der Waals surface area contributed by atoms with Crippen molar-refractivity contribution in [2.45, 2.75) is 12.2 Å². The largest absolute Gasteiger partial charge is 0.497 e. The maximum atomic E-state index is 12.1. The Bertz CT molecular complexity index is 470. The van der Waals surface area contributed by atoms with Gasteiger partial charge in [-0.2, -0.15) is 13.2 Å². The molecular formula is C11H10F3NO4. The monoisotopic (exact) mass is 277 g/mol. The molecule has 0 unspecified atom stereocenters. The molecule has 1 aromatic carbocycles. The van der Waals surface area contributed by atoms with Crippen molar-refractivity contribution in [2.24, 2.45) is 0 Å². The second kappa shape index (κ2) is 5.59. The van der Waals surface area contributed by atoms with E-state index >= 15 is 0 Å². The summed E-state index contributed by atoms with van der Waals surface area (Å²) in [7, 11) is 1.38. The Balaban J connectivity index is 2.94. The zero-order valence-corrected chi connectivity index (χ0v) is 9.69. The quantitative estimate of drug-likeness (QED) is 0.874. The number of methoxy groups -OCH3 is 1. The third kappa shape index (κ3) is 3.87. The zero-order chi connectivity index (χ0) is 14.6. The van der Waals surface area contributed by atoms with Crippen molar-refractivity contribution >= 4 is 11.9 Å². The van der Waals surface area contributed by atoms with Crippen molar-refractivity contribution in [1.29, 1.82) is 0 Å². The maximum absolute atomic E-state index is 12.1. The highest BCUT2D eigenvalue weighted by Gasteiger charge is 2.41. The number of carboxylic acid groups (broad SMARTS) is 1. The molecule has 0 fully saturated rings. The van der Waals surface area contributed by atoms with Gasteiger partial charge in [0.2, 0.25) is 0 Å². The molecule has 0 aliphatic carbocycles. The minimum Gasteiger partial charge on any atom is -0.497 e. The van der Waals surface area contributed by atoms with Crippen LogP contribution in [0.2, 0.25) is 0 Å². The van der Waals surface area contributed by atoms with E-state index in [0.717, 1.165) is 0 Å². The van der Waals surface area contributed by atoms with Crippen LogP contribution in [0.15, 0.2) is 24.3 Å². The minimum atomic E-state index is -5.14. The Morgan fingerprint density at radius 2 is 1.79 bits per heavy atom. The lowest BCUT2D eigenvalue weighted by Crippen LogP contribution is -2.41. The summed E-state index contributed by atoms with van der Waals surface area (Å²) < 4.78 is 41.1. The first-order valence-corrected chi connectivity index (χ1v) is 5.00. The number of carboxylic acids is 1. The van der Waals surface area contributed by atoms with Crippen LogP contribution in [-0.2, 0) is 9.59 Å². The molecule has 1 amide bonds. The van der Waals surface area contributed by atoms with Gasteiger partial charge in [-0.05, 0) is 17.7 Å². The van der Waals surface area contributed by atoms with Gasteiger partial charge in [-0.25, -0.2) is 4.79 Å². The van der Waals surface area contributed by atoms with Crippen molar-refractivity contribution < 1.29 is 32.6 Å². The second-order valence-electron chi connectivity index (χ2n) is 3.52. The number of ether oxygens (including phenoxy) is 1. The van der Waals surface area contributed by atoms with Gasteiger partial charge < -0.3 is 15.2 Å². The normalized spacial score (nSPS) is 12.6. The number of halogens is 3. The van der Waals surface area contributed by atoms with Crippen LogP contribution in [-0.4, -0.2) is 30.3 Å². The molecule has 0 aromatic heterocycles. The second-order valence-corrected chi connectivity index (χ2v) is 3.52. The van der Waals surface area contributed by atoms with Crippen molar-refractivity contribution in [1.82, 2.24) is 5.32 Å². The highest BCUT2D eigenvalue weighted by Crippen LogP contribution is 2.21. The predicted octanol–water partition coefficient (Wildman–Crippen LogP) is 1.50. The van der Waals surface area contributed by atoms with Crippen molar-refractivity contribution in [3.8, 4) is 5.75 Å². The molecule has 0 saturated carbocycles. The van der Waals surface area contributed by atoms with Crippen LogP contribution in [0.25, 0.3) is 0 Å². The van der Waals surface area contributed by atoms with Crippen LogP contribution in [0, 0.1) is 0 Å². The van der Waals surface area contributed by atoms with Gasteiger partial charge in [0.05, 0.1) is 7.11 Å². The fourth-order valence-corrected chi connectivity index (χ4v) is 1.30. The number of hydrogen-bond acceptors (Lipinski definition) is 3. The van der Waals surface area contributed by atoms with E-state index in [9.17, 15) is 22.8 Å². The lowest BCUT2D eigenvalue weighted by Gasteiger charge is -2.16. The molecule has 0 bridgehead atoms. The van der Waals surface area contributed by atoms with E-state index in [4.69, 9.17) is 9.84 Å². The first-order valence-electron chi connectivity index (χ1n) is 5.00. The summed E-state index contributed by atoms with van der Waals surface area (Å²) in [6, 6.07) is 3.50. The summed E-state index contributed by atoms with van der Waals surface area (Å²) >= 11 is 0. The summed E-state index contributed by atoms with van der Waals surface area (Å²) in [6.45, 7) is 0. The molecule has 104 valence electrons. The fraction of sp³-hybridized carbons (Fsp3) is 0.273. The third-order valence-corrected chi connectivity index (χ3v) is 2.23. The summed E-state index contributed by atoms with van der Waals surface area (Å²) in [5.74, 6) is -3.49. The molecule has 0 aliphatic rings. The molecule has 0 spiro atoms. The molecule has 1 rings (SSSR count). The number of aliphatic carboxylic acids is 1. The summed E-state index contributed by atoms with van der Waals surface area (Å²) in [4.78, 5) is 21.7. The van der Waals surface area contributed by atoms with Crippen LogP contribution < -0.4 is 10.1 Å². The predicted molar refractivity (Wildman–Crippen MR) is 57.6 cm³/mol. The molecule has 0 radical (unpaired) electrons. The van der Waals surface area contributed by atoms with Crippen LogP contribution in [0.4, 0.5) is 13.2 Å². The summed E-state index contributed by atoms with van der Waals surface area (Å²) in [5.41, 5.74) is 0.00546. The van der Waals surface area contributed by atoms with E-state index < -0.39 is 24.1 Å². The number of alkyl halides is 3. The van der Waals surface area contributed by atoms with Crippen LogP contribution in [0.3, 0.4) is 0 Å². The van der Waals surface area contributed by atoms with Gasteiger partial charge in [-0.15, -0.1) is 0 Å². The Kier molecular flexibility index (Phi) is 4.36. The topological polar surface area (TPSA) is 75.6 Å². The third-order valence-electron chi connectivity index (χ3n) is 2.23. The van der Waals surface area contributed by atoms with E-state index in [1.165, 1.54) is 36.7 Å². The standard InChI is InChI=1S/C11H10F3NO4/c1-19-7-4-2-6(3-5-7)8(9(16)17)15-10(18)11(12,13)14/h2-5,8H,1H3,(H,15,18)(H,16,17)/t8-/m0/s1. The Morgan fingerprint density at radius 3 is 2.16 bits per heavy atom. The highest BCUT2D eigenvalue weighted by molar-refractivity contribution is 5.87. The number of amides is 1. The minimum absolute atomic E-state index is 0.00546. The number of rotatable bonds is 4. The van der Waals surface area contributed by atoms with Gasteiger partial charge in [0.1, 0.15) is 5.75 Å². The zero-order valence-electron chi connectivity index (χ0n) is 9.69. The Morgan fingerprint density at radius 1 is 1.26 bits per heavy atom. The van der Waals surface area contributed by atoms with E-state index in [0.29, 0.717) is 5.75 Å². The van der Waals surface area contributed by atoms with Crippen molar-refractivity contribution in [3.63, 3.8) is 0 Å². The van der Waals surface area contributed by atoms with Crippen LogP contribution >= 0.6 is 0 Å². The number of carbonyl (C=O) groups excluding carboxylic acids is 1. The molecule has 0 aliphatic heterocycles. The number of benzene rings is 1. The lowest BCUT2D eigenvalue weighted by molar-refractivity contribution is -0.175.